The van der Waals surface area contributed by atoms with Gasteiger partial charge in [-0.15, -0.1) is 0 Å². The number of halogens is 5. The second-order valence-corrected chi connectivity index (χ2v) is 6.70. The van der Waals surface area contributed by atoms with Crippen LogP contribution in [0.5, 0.6) is 0 Å². The molecular formula is C18H17F5N4O2. The average Bonchev–Trinajstić information content (AvgIpc) is 3.17. The van der Waals surface area contributed by atoms with E-state index in [1.807, 2.05) is 0 Å². The summed E-state index contributed by atoms with van der Waals surface area (Å²) in [5.74, 6) is -3.55. The van der Waals surface area contributed by atoms with E-state index < -0.39 is 36.2 Å². The molecule has 1 aromatic carbocycles. The van der Waals surface area contributed by atoms with Crippen LogP contribution in [0.25, 0.3) is 0 Å². The van der Waals surface area contributed by atoms with Gasteiger partial charge in [-0.05, 0) is 37.1 Å². The molecule has 0 aliphatic carbocycles. The number of amides is 2. The molecule has 0 radical (unpaired) electrons. The van der Waals surface area contributed by atoms with E-state index in [0.29, 0.717) is 31.6 Å². The van der Waals surface area contributed by atoms with E-state index in [0.717, 1.165) is 12.1 Å². The topological polar surface area (TPSA) is 78.1 Å². The van der Waals surface area contributed by atoms with Crippen molar-refractivity contribution in [3.05, 3.63) is 52.9 Å². The van der Waals surface area contributed by atoms with Gasteiger partial charge in [0.15, 0.2) is 11.6 Å². The second kappa shape index (κ2) is 8.18. The predicted molar refractivity (Wildman–Crippen MR) is 91.2 cm³/mol. The largest absolute Gasteiger partial charge is 0.405 e. The van der Waals surface area contributed by atoms with Crippen LogP contribution in [0.4, 0.5) is 22.0 Å². The lowest BCUT2D eigenvalue weighted by Crippen LogP contribution is -2.38. The van der Waals surface area contributed by atoms with Gasteiger partial charge in [0.25, 0.3) is 11.8 Å². The number of alkyl halides is 3. The molecule has 1 aromatic heterocycles. The third kappa shape index (κ3) is 5.09. The number of piperidine rings is 1. The summed E-state index contributed by atoms with van der Waals surface area (Å²) in [4.78, 5) is 25.7. The van der Waals surface area contributed by atoms with Crippen LogP contribution in [0, 0.1) is 11.6 Å². The molecule has 0 atom stereocenters. The first-order chi connectivity index (χ1) is 13.6. The van der Waals surface area contributed by atoms with E-state index in [1.165, 1.54) is 17.0 Å². The lowest BCUT2D eigenvalue weighted by atomic mass is 9.93. The van der Waals surface area contributed by atoms with Gasteiger partial charge in [0.1, 0.15) is 12.2 Å². The van der Waals surface area contributed by atoms with E-state index in [2.05, 4.69) is 10.2 Å². The molecule has 6 nitrogen and oxygen atoms in total. The van der Waals surface area contributed by atoms with Crippen molar-refractivity contribution in [2.24, 2.45) is 0 Å². The normalized spacial score (nSPS) is 15.4. The summed E-state index contributed by atoms with van der Waals surface area (Å²) in [6.45, 7) is -0.757. The monoisotopic (exact) mass is 416 g/mol. The Morgan fingerprint density at radius 1 is 1.14 bits per heavy atom. The van der Waals surface area contributed by atoms with E-state index in [4.69, 9.17) is 0 Å². The van der Waals surface area contributed by atoms with E-state index >= 15 is 0 Å². The summed E-state index contributed by atoms with van der Waals surface area (Å²) in [5.41, 5.74) is 0.485. The minimum absolute atomic E-state index is 0.0486. The molecule has 2 N–H and O–H groups in total. The number of likely N-dealkylation sites (tertiary alicyclic amines) is 1. The van der Waals surface area contributed by atoms with Crippen LogP contribution < -0.4 is 5.32 Å². The van der Waals surface area contributed by atoms with Crippen molar-refractivity contribution >= 4 is 11.8 Å². The highest BCUT2D eigenvalue weighted by molar-refractivity contribution is 5.94. The van der Waals surface area contributed by atoms with E-state index in [9.17, 15) is 31.5 Å². The number of aromatic amines is 1. The number of carbonyl (C=O) groups excluding carboxylic acids is 2. The van der Waals surface area contributed by atoms with Crippen molar-refractivity contribution in [1.29, 1.82) is 0 Å². The maximum absolute atomic E-state index is 13.3. The molecule has 29 heavy (non-hydrogen) atoms. The Morgan fingerprint density at radius 3 is 2.45 bits per heavy atom. The Bertz CT molecular complexity index is 904. The number of H-pyrrole nitrogens is 1. The molecule has 11 heteroatoms. The zero-order chi connectivity index (χ0) is 21.2. The van der Waals surface area contributed by atoms with Gasteiger partial charge in [0.2, 0.25) is 0 Å². The maximum Gasteiger partial charge on any atom is 0.405 e. The molecule has 3 rings (SSSR count). The quantitative estimate of drug-likeness (QED) is 0.753. The standard InChI is InChI=1S/C18H17F5N4O2/c19-12-2-1-11(7-13(12)20)17(29)27-5-3-10(4-6-27)14-8-15(26-25-14)16(28)24-9-18(21,22)23/h1-2,7-8,10H,3-6,9H2,(H,24,28)(H,25,26). The lowest BCUT2D eigenvalue weighted by molar-refractivity contribution is -0.123. The molecule has 1 fully saturated rings. The van der Waals surface area contributed by atoms with Crippen LogP contribution in [0.3, 0.4) is 0 Å². The van der Waals surface area contributed by atoms with E-state index in [1.54, 1.807) is 5.32 Å². The number of nitrogens with one attached hydrogen (secondary N) is 2. The first-order valence-electron chi connectivity index (χ1n) is 8.78. The predicted octanol–water partition coefficient (Wildman–Crippen LogP) is 3.00. The molecule has 0 unspecified atom stereocenters. The molecule has 0 saturated carbocycles. The van der Waals surface area contributed by atoms with Gasteiger partial charge in [0.05, 0.1) is 0 Å². The second-order valence-electron chi connectivity index (χ2n) is 6.70. The minimum atomic E-state index is -4.51. The zero-order valence-electron chi connectivity index (χ0n) is 15.0. The number of hydrogen-bond acceptors (Lipinski definition) is 3. The van der Waals surface area contributed by atoms with Crippen LogP contribution in [-0.4, -0.2) is 52.7 Å². The molecule has 156 valence electrons. The van der Waals surface area contributed by atoms with Crippen LogP contribution in [0.15, 0.2) is 24.3 Å². The number of hydrogen-bond donors (Lipinski definition) is 2. The molecule has 2 amide bonds. The van der Waals surface area contributed by atoms with Crippen molar-refractivity contribution < 1.29 is 31.5 Å². The van der Waals surface area contributed by atoms with Crippen molar-refractivity contribution in [1.82, 2.24) is 20.4 Å². The van der Waals surface area contributed by atoms with Gasteiger partial charge in [-0.1, -0.05) is 0 Å². The van der Waals surface area contributed by atoms with Gasteiger partial charge in [-0.25, -0.2) is 8.78 Å². The first-order valence-corrected chi connectivity index (χ1v) is 8.78. The van der Waals surface area contributed by atoms with Gasteiger partial charge in [-0.3, -0.25) is 14.7 Å². The van der Waals surface area contributed by atoms with E-state index in [-0.39, 0.29) is 17.2 Å². The van der Waals surface area contributed by atoms with Crippen molar-refractivity contribution in [3.8, 4) is 0 Å². The number of aromatic nitrogens is 2. The fraction of sp³-hybridized carbons (Fsp3) is 0.389. The molecule has 2 heterocycles. The van der Waals surface area contributed by atoms with Gasteiger partial charge in [0, 0.05) is 30.3 Å². The zero-order valence-corrected chi connectivity index (χ0v) is 15.0. The Labute approximate surface area is 162 Å². The highest BCUT2D eigenvalue weighted by Gasteiger charge is 2.29. The summed E-state index contributed by atoms with van der Waals surface area (Å²) in [6.07, 6.45) is -3.48. The molecular weight excluding hydrogens is 399 g/mol. The van der Waals surface area contributed by atoms with Crippen LogP contribution >= 0.6 is 0 Å². The lowest BCUT2D eigenvalue weighted by Gasteiger charge is -2.31. The Morgan fingerprint density at radius 2 is 1.83 bits per heavy atom. The first kappa shape index (κ1) is 20.7. The Hall–Kier alpha value is -2.98. The van der Waals surface area contributed by atoms with Gasteiger partial charge < -0.3 is 10.2 Å². The highest BCUT2D eigenvalue weighted by atomic mass is 19.4. The SMILES string of the molecule is O=C(NCC(F)(F)F)c1cc(C2CCN(C(=O)c3ccc(F)c(F)c3)CC2)[nH]n1. The number of rotatable bonds is 4. The molecule has 1 saturated heterocycles. The summed E-state index contributed by atoms with van der Waals surface area (Å²) >= 11 is 0. The summed E-state index contributed by atoms with van der Waals surface area (Å²) < 4.78 is 62.9. The Kier molecular flexibility index (Phi) is 5.85. The fourth-order valence-electron chi connectivity index (χ4n) is 3.14. The molecule has 0 spiro atoms. The number of nitrogens with zero attached hydrogens (tertiary/aromatic N) is 2. The average molecular weight is 416 g/mol. The van der Waals surface area contributed by atoms with Gasteiger partial charge >= 0.3 is 6.18 Å². The molecule has 1 aliphatic heterocycles. The number of benzene rings is 1. The van der Waals surface area contributed by atoms with Gasteiger partial charge in [-0.2, -0.15) is 18.3 Å². The molecule has 1 aliphatic rings. The highest BCUT2D eigenvalue weighted by Crippen LogP contribution is 2.28. The third-order valence-electron chi connectivity index (χ3n) is 4.67. The minimum Gasteiger partial charge on any atom is -0.342 e. The number of carbonyl (C=O) groups is 2. The summed E-state index contributed by atoms with van der Waals surface area (Å²) in [5, 5.41) is 8.15. The van der Waals surface area contributed by atoms with Crippen molar-refractivity contribution in [2.45, 2.75) is 24.9 Å². The van der Waals surface area contributed by atoms with Crippen molar-refractivity contribution in [3.63, 3.8) is 0 Å². The summed E-state index contributed by atoms with van der Waals surface area (Å²) in [6, 6.07) is 4.35. The fourth-order valence-corrected chi connectivity index (χ4v) is 3.14. The smallest absolute Gasteiger partial charge is 0.342 e. The van der Waals surface area contributed by atoms with Crippen molar-refractivity contribution in [2.75, 3.05) is 19.6 Å². The van der Waals surface area contributed by atoms with Crippen LogP contribution in [0.1, 0.15) is 45.3 Å². The Balaban J connectivity index is 1.57. The summed E-state index contributed by atoms with van der Waals surface area (Å²) in [7, 11) is 0. The molecule has 2 aromatic rings. The maximum atomic E-state index is 13.3. The molecule has 0 bridgehead atoms. The van der Waals surface area contributed by atoms with Crippen LogP contribution in [-0.2, 0) is 0 Å². The third-order valence-corrected chi connectivity index (χ3v) is 4.67. The van der Waals surface area contributed by atoms with Crippen LogP contribution in [0.2, 0.25) is 0 Å².